The highest BCUT2D eigenvalue weighted by Crippen LogP contribution is 2.31. The average molecular weight is 210 g/mol. The van der Waals surface area contributed by atoms with Crippen LogP contribution in [0.15, 0.2) is 60.2 Å². The number of allylic oxidation sites excluding steroid dienone is 5. The predicted molar refractivity (Wildman–Crippen MR) is 71.1 cm³/mol. The second-order valence-corrected chi connectivity index (χ2v) is 4.74. The van der Waals surface area contributed by atoms with Crippen LogP contribution < -0.4 is 0 Å². The van der Waals surface area contributed by atoms with Gasteiger partial charge >= 0.3 is 0 Å². The topological polar surface area (TPSA) is 0 Å². The zero-order valence-electron chi connectivity index (χ0n) is 9.98. The summed E-state index contributed by atoms with van der Waals surface area (Å²) in [6, 6.07) is 10.5. The lowest BCUT2D eigenvalue weighted by Gasteiger charge is -2.23. The summed E-state index contributed by atoms with van der Waals surface area (Å²) in [5.41, 5.74) is 2.81. The summed E-state index contributed by atoms with van der Waals surface area (Å²) in [5, 5.41) is 0. The molecule has 0 spiro atoms. The molecule has 1 aromatic rings. The smallest absolute Gasteiger partial charge is 0.00738 e. The van der Waals surface area contributed by atoms with Gasteiger partial charge in [-0.3, -0.25) is 0 Å². The highest BCUT2D eigenvalue weighted by Gasteiger charge is 2.17. The van der Waals surface area contributed by atoms with Gasteiger partial charge in [0.15, 0.2) is 0 Å². The van der Waals surface area contributed by atoms with Gasteiger partial charge in [0, 0.05) is 5.41 Å². The summed E-state index contributed by atoms with van der Waals surface area (Å²) in [6.45, 7) is 4.42. The van der Waals surface area contributed by atoms with Crippen LogP contribution in [0.5, 0.6) is 0 Å². The van der Waals surface area contributed by atoms with E-state index in [0.29, 0.717) is 0 Å². The molecular weight excluding hydrogens is 192 g/mol. The Kier molecular flexibility index (Phi) is 3.09. The van der Waals surface area contributed by atoms with Gasteiger partial charge in [0.05, 0.1) is 0 Å². The molecule has 0 bridgehead atoms. The van der Waals surface area contributed by atoms with Crippen LogP contribution in [0, 0.1) is 5.41 Å². The lowest BCUT2D eigenvalue weighted by Crippen LogP contribution is -2.10. The highest BCUT2D eigenvalue weighted by atomic mass is 14.2. The van der Waals surface area contributed by atoms with Crippen molar-refractivity contribution in [3.63, 3.8) is 0 Å². The Balaban J connectivity index is 2.11. The van der Waals surface area contributed by atoms with Crippen molar-refractivity contribution in [2.75, 3.05) is 0 Å². The van der Waals surface area contributed by atoms with E-state index >= 15 is 0 Å². The van der Waals surface area contributed by atoms with Crippen molar-refractivity contribution in [2.45, 2.75) is 20.3 Å². The van der Waals surface area contributed by atoms with Gasteiger partial charge in [0.2, 0.25) is 0 Å². The molecule has 0 heterocycles. The van der Waals surface area contributed by atoms with E-state index in [1.165, 1.54) is 11.1 Å². The van der Waals surface area contributed by atoms with E-state index in [4.69, 9.17) is 0 Å². The molecule has 0 aliphatic heterocycles. The van der Waals surface area contributed by atoms with E-state index in [9.17, 15) is 0 Å². The van der Waals surface area contributed by atoms with E-state index in [1.807, 2.05) is 6.07 Å². The molecule has 0 heteroatoms. The molecular formula is C16H18. The van der Waals surface area contributed by atoms with E-state index in [1.54, 1.807) is 0 Å². The van der Waals surface area contributed by atoms with Crippen molar-refractivity contribution in [1.29, 1.82) is 0 Å². The standard InChI is InChI=1S/C16H18/c1-14-8-11-16(2,12-9-14)13-10-15-6-4-3-5-7-15/h3-11,13H,12H2,1-2H3. The third-order valence-corrected chi connectivity index (χ3v) is 3.05. The van der Waals surface area contributed by atoms with Crippen molar-refractivity contribution >= 4 is 6.08 Å². The Morgan fingerprint density at radius 1 is 1.19 bits per heavy atom. The molecule has 1 aliphatic carbocycles. The van der Waals surface area contributed by atoms with E-state index in [-0.39, 0.29) is 5.41 Å². The molecule has 1 atom stereocenters. The van der Waals surface area contributed by atoms with Gasteiger partial charge in [-0.25, -0.2) is 0 Å². The van der Waals surface area contributed by atoms with E-state index in [2.05, 4.69) is 68.5 Å². The van der Waals surface area contributed by atoms with Gasteiger partial charge in [-0.2, -0.15) is 0 Å². The fourth-order valence-electron chi connectivity index (χ4n) is 1.81. The second-order valence-electron chi connectivity index (χ2n) is 4.74. The molecule has 1 unspecified atom stereocenters. The van der Waals surface area contributed by atoms with Crippen molar-refractivity contribution in [3.05, 3.63) is 65.8 Å². The van der Waals surface area contributed by atoms with Gasteiger partial charge < -0.3 is 0 Å². The van der Waals surface area contributed by atoms with Crippen LogP contribution in [0.25, 0.3) is 6.08 Å². The quantitative estimate of drug-likeness (QED) is 0.668. The second kappa shape index (κ2) is 4.52. The maximum Gasteiger partial charge on any atom is 0.00738 e. The first kappa shape index (κ1) is 10.9. The molecule has 0 amide bonds. The molecule has 0 N–H and O–H groups in total. The van der Waals surface area contributed by atoms with Crippen LogP contribution >= 0.6 is 0 Å². The Morgan fingerprint density at radius 3 is 2.56 bits per heavy atom. The summed E-state index contributed by atoms with van der Waals surface area (Å²) in [5.74, 6) is 0. The minimum Gasteiger partial charge on any atom is -0.0804 e. The Labute approximate surface area is 98.0 Å². The van der Waals surface area contributed by atoms with Gasteiger partial charge in [-0.1, -0.05) is 73.2 Å². The van der Waals surface area contributed by atoms with Crippen molar-refractivity contribution in [2.24, 2.45) is 5.41 Å². The van der Waals surface area contributed by atoms with Gasteiger partial charge in [0.1, 0.15) is 0 Å². The number of hydrogen-bond donors (Lipinski definition) is 0. The predicted octanol–water partition coefficient (Wildman–Crippen LogP) is 4.61. The molecule has 82 valence electrons. The Hall–Kier alpha value is -1.56. The molecule has 0 aromatic heterocycles. The van der Waals surface area contributed by atoms with E-state index in [0.717, 1.165) is 6.42 Å². The maximum atomic E-state index is 2.30. The van der Waals surface area contributed by atoms with Gasteiger partial charge in [-0.15, -0.1) is 0 Å². The van der Waals surface area contributed by atoms with Crippen LogP contribution in [-0.2, 0) is 0 Å². The zero-order chi connectivity index (χ0) is 11.4. The third-order valence-electron chi connectivity index (χ3n) is 3.05. The molecule has 16 heavy (non-hydrogen) atoms. The SMILES string of the molecule is CC1=CCC(C)(C=Cc2ccccc2)C=C1. The number of hydrogen-bond acceptors (Lipinski definition) is 0. The highest BCUT2D eigenvalue weighted by molar-refractivity contribution is 5.51. The average Bonchev–Trinajstić information content (AvgIpc) is 2.33. The third kappa shape index (κ3) is 2.73. The Bertz CT molecular complexity index is 434. The number of rotatable bonds is 2. The fourth-order valence-corrected chi connectivity index (χ4v) is 1.81. The summed E-state index contributed by atoms with van der Waals surface area (Å²) >= 11 is 0. The van der Waals surface area contributed by atoms with Crippen molar-refractivity contribution in [1.82, 2.24) is 0 Å². The molecule has 2 rings (SSSR count). The van der Waals surface area contributed by atoms with Gasteiger partial charge in [0.25, 0.3) is 0 Å². The van der Waals surface area contributed by atoms with Crippen LogP contribution in [0.3, 0.4) is 0 Å². The summed E-state index contributed by atoms with van der Waals surface area (Å²) < 4.78 is 0. The first-order chi connectivity index (χ1) is 7.68. The lowest BCUT2D eigenvalue weighted by molar-refractivity contribution is 0.556. The molecule has 0 saturated heterocycles. The lowest BCUT2D eigenvalue weighted by atomic mass is 9.81. The van der Waals surface area contributed by atoms with Crippen LogP contribution in [0.1, 0.15) is 25.8 Å². The van der Waals surface area contributed by atoms with Crippen LogP contribution in [-0.4, -0.2) is 0 Å². The maximum absolute atomic E-state index is 2.30. The fraction of sp³-hybridized carbons (Fsp3) is 0.250. The minimum absolute atomic E-state index is 0.176. The number of benzene rings is 1. The molecule has 0 radical (unpaired) electrons. The first-order valence-corrected chi connectivity index (χ1v) is 5.78. The van der Waals surface area contributed by atoms with Crippen LogP contribution in [0.4, 0.5) is 0 Å². The monoisotopic (exact) mass is 210 g/mol. The first-order valence-electron chi connectivity index (χ1n) is 5.78. The Morgan fingerprint density at radius 2 is 1.94 bits per heavy atom. The molecule has 1 aliphatic rings. The zero-order valence-corrected chi connectivity index (χ0v) is 9.98. The van der Waals surface area contributed by atoms with Gasteiger partial charge in [-0.05, 0) is 18.9 Å². The molecule has 0 fully saturated rings. The van der Waals surface area contributed by atoms with E-state index < -0.39 is 0 Å². The summed E-state index contributed by atoms with van der Waals surface area (Å²) in [7, 11) is 0. The largest absolute Gasteiger partial charge is 0.0804 e. The molecule has 0 nitrogen and oxygen atoms in total. The molecule has 0 saturated carbocycles. The summed E-state index contributed by atoms with van der Waals surface area (Å²) in [6.07, 6.45) is 12.4. The van der Waals surface area contributed by atoms with Crippen molar-refractivity contribution in [3.8, 4) is 0 Å². The normalized spacial score (nSPS) is 24.8. The summed E-state index contributed by atoms with van der Waals surface area (Å²) in [4.78, 5) is 0. The van der Waals surface area contributed by atoms with Crippen molar-refractivity contribution < 1.29 is 0 Å². The molecule has 1 aromatic carbocycles. The van der Waals surface area contributed by atoms with Crippen LogP contribution in [0.2, 0.25) is 0 Å². The minimum atomic E-state index is 0.176.